The molecule has 2 unspecified atom stereocenters. The molecular formula is C43H31N3S. The van der Waals surface area contributed by atoms with Crippen molar-refractivity contribution in [2.75, 3.05) is 4.90 Å². The van der Waals surface area contributed by atoms with Gasteiger partial charge in [0.1, 0.15) is 0 Å². The van der Waals surface area contributed by atoms with E-state index in [1.165, 1.54) is 48.1 Å². The van der Waals surface area contributed by atoms with Gasteiger partial charge < -0.3 is 4.90 Å². The molecule has 0 N–H and O–H groups in total. The van der Waals surface area contributed by atoms with Crippen LogP contribution in [0.15, 0.2) is 140 Å². The van der Waals surface area contributed by atoms with Gasteiger partial charge in [0.05, 0.1) is 27.6 Å². The Bertz CT molecular complexity index is 2520. The number of hydrogen-bond acceptors (Lipinski definition) is 4. The third-order valence-corrected chi connectivity index (χ3v) is 11.7. The molecule has 3 nitrogen and oxygen atoms in total. The topological polar surface area (TPSA) is 29.0 Å². The first kappa shape index (κ1) is 26.9. The molecule has 0 spiro atoms. The molecule has 6 aromatic carbocycles. The van der Waals surface area contributed by atoms with Gasteiger partial charge in [-0.1, -0.05) is 135 Å². The van der Waals surface area contributed by atoms with Crippen LogP contribution in [-0.4, -0.2) is 9.97 Å². The van der Waals surface area contributed by atoms with Crippen LogP contribution < -0.4 is 4.90 Å². The van der Waals surface area contributed by atoms with E-state index in [1.807, 2.05) is 11.3 Å². The maximum Gasteiger partial charge on any atom is 0.231 e. The average molecular weight is 622 g/mol. The minimum Gasteiger partial charge on any atom is -0.301 e. The summed E-state index contributed by atoms with van der Waals surface area (Å²) >= 11 is 1.89. The second kappa shape index (κ2) is 9.84. The fourth-order valence-electron chi connectivity index (χ4n) is 8.43. The van der Waals surface area contributed by atoms with Crippen molar-refractivity contribution >= 4 is 54.0 Å². The Morgan fingerprint density at radius 2 is 1.30 bits per heavy atom. The molecule has 3 heterocycles. The lowest BCUT2D eigenvalue weighted by Crippen LogP contribution is -2.26. The van der Waals surface area contributed by atoms with Gasteiger partial charge in [0.2, 0.25) is 5.95 Å². The van der Waals surface area contributed by atoms with E-state index >= 15 is 0 Å². The standard InChI is InChI=1S/C43H31N3S/c1-43(2)34-19-11-9-18-31(34)39-37(43)33-24-23-30-29-17-10-12-20-36(29)47-41(30)40(33)46(39)42-44-35-25-28(26-13-5-3-6-14-26)21-22-32(35)38(45-42)27-15-7-4-8-16-27/h3-25,37,39H,1-2H3. The van der Waals surface area contributed by atoms with Crippen molar-refractivity contribution < 1.29 is 0 Å². The maximum absolute atomic E-state index is 5.52. The Hall–Kier alpha value is -5.32. The van der Waals surface area contributed by atoms with Crippen molar-refractivity contribution in [2.45, 2.75) is 31.2 Å². The SMILES string of the molecule is CC1(C)c2ccccc2C2C1c1ccc3c(sc4ccccc43)c1N2c1nc(-c2ccccc2)c2ccc(-c3ccccc3)cc2n1. The third kappa shape index (κ3) is 3.79. The molecule has 0 saturated heterocycles. The zero-order valence-electron chi connectivity index (χ0n) is 26.2. The van der Waals surface area contributed by atoms with Crippen LogP contribution in [0.5, 0.6) is 0 Å². The summed E-state index contributed by atoms with van der Waals surface area (Å²) in [7, 11) is 0. The van der Waals surface area contributed by atoms with E-state index in [-0.39, 0.29) is 17.4 Å². The Labute approximate surface area is 277 Å². The molecule has 1 aliphatic carbocycles. The van der Waals surface area contributed by atoms with Gasteiger partial charge in [0.15, 0.2) is 0 Å². The number of nitrogens with zero attached hydrogens (tertiary/aromatic N) is 3. The largest absolute Gasteiger partial charge is 0.301 e. The normalized spacial score (nSPS) is 17.7. The van der Waals surface area contributed by atoms with Gasteiger partial charge in [-0.3, -0.25) is 0 Å². The van der Waals surface area contributed by atoms with Crippen LogP contribution in [0.1, 0.15) is 42.5 Å². The van der Waals surface area contributed by atoms with Crippen LogP contribution in [0.25, 0.3) is 53.5 Å². The number of aromatic nitrogens is 2. The van der Waals surface area contributed by atoms with Crippen molar-refractivity contribution in [1.82, 2.24) is 9.97 Å². The monoisotopic (exact) mass is 621 g/mol. The minimum atomic E-state index is -0.0608. The third-order valence-electron chi connectivity index (χ3n) is 10.5. The average Bonchev–Trinajstić information content (AvgIpc) is 3.75. The summed E-state index contributed by atoms with van der Waals surface area (Å²) in [5, 5.41) is 3.67. The number of rotatable bonds is 3. The predicted molar refractivity (Wildman–Crippen MR) is 197 cm³/mol. The van der Waals surface area contributed by atoms with E-state index in [4.69, 9.17) is 9.97 Å². The van der Waals surface area contributed by atoms with Gasteiger partial charge >= 0.3 is 0 Å². The van der Waals surface area contributed by atoms with Crippen LogP contribution in [0.2, 0.25) is 0 Å². The summed E-state index contributed by atoms with van der Waals surface area (Å²) < 4.78 is 2.62. The molecule has 0 fully saturated rings. The van der Waals surface area contributed by atoms with E-state index in [1.54, 1.807) is 0 Å². The maximum atomic E-state index is 5.52. The number of anilines is 2. The number of benzene rings is 6. The van der Waals surface area contributed by atoms with E-state index in [9.17, 15) is 0 Å². The highest BCUT2D eigenvalue weighted by molar-refractivity contribution is 7.26. The first-order valence-electron chi connectivity index (χ1n) is 16.3. The molecule has 1 aliphatic heterocycles. The molecule has 0 saturated carbocycles. The number of fused-ring (bicyclic) bond motifs is 10. The Morgan fingerprint density at radius 3 is 2.13 bits per heavy atom. The number of hydrogen-bond donors (Lipinski definition) is 0. The fourth-order valence-corrected chi connectivity index (χ4v) is 9.69. The molecule has 2 aliphatic rings. The molecule has 224 valence electrons. The molecule has 2 atom stereocenters. The highest BCUT2D eigenvalue weighted by Gasteiger charge is 2.55. The molecule has 0 radical (unpaired) electrons. The highest BCUT2D eigenvalue weighted by atomic mass is 32.1. The zero-order chi connectivity index (χ0) is 31.3. The summed E-state index contributed by atoms with van der Waals surface area (Å²) in [6.45, 7) is 4.84. The van der Waals surface area contributed by atoms with Gasteiger partial charge in [-0.05, 0) is 51.4 Å². The summed E-state index contributed by atoms with van der Waals surface area (Å²) in [6.07, 6.45) is 0. The Kier molecular flexibility index (Phi) is 5.62. The van der Waals surface area contributed by atoms with Gasteiger partial charge in [-0.2, -0.15) is 0 Å². The van der Waals surface area contributed by atoms with Crippen molar-refractivity contribution in [1.29, 1.82) is 0 Å². The molecule has 4 heteroatoms. The molecule has 0 bridgehead atoms. The summed E-state index contributed by atoms with van der Waals surface area (Å²) in [4.78, 5) is 13.5. The van der Waals surface area contributed by atoms with E-state index in [0.717, 1.165) is 33.7 Å². The summed E-state index contributed by atoms with van der Waals surface area (Å²) in [5.41, 5.74) is 10.7. The highest BCUT2D eigenvalue weighted by Crippen LogP contribution is 2.66. The predicted octanol–water partition coefficient (Wildman–Crippen LogP) is 11.6. The van der Waals surface area contributed by atoms with Gasteiger partial charge in [-0.25, -0.2) is 9.97 Å². The van der Waals surface area contributed by atoms with Crippen molar-refractivity contribution in [3.63, 3.8) is 0 Å². The number of thiophene rings is 1. The van der Waals surface area contributed by atoms with Crippen molar-refractivity contribution in [2.24, 2.45) is 0 Å². The first-order valence-corrected chi connectivity index (χ1v) is 17.1. The molecule has 10 rings (SSSR count). The van der Waals surface area contributed by atoms with Crippen LogP contribution in [0, 0.1) is 0 Å². The van der Waals surface area contributed by atoms with E-state index < -0.39 is 0 Å². The molecule has 2 aromatic heterocycles. The van der Waals surface area contributed by atoms with Crippen LogP contribution in [-0.2, 0) is 5.41 Å². The van der Waals surface area contributed by atoms with Crippen molar-refractivity contribution in [3.05, 3.63) is 156 Å². The van der Waals surface area contributed by atoms with E-state index in [0.29, 0.717) is 0 Å². The van der Waals surface area contributed by atoms with Gasteiger partial charge in [0.25, 0.3) is 0 Å². The molecular weight excluding hydrogens is 591 g/mol. The minimum absolute atomic E-state index is 0.0608. The van der Waals surface area contributed by atoms with Crippen LogP contribution >= 0.6 is 11.3 Å². The van der Waals surface area contributed by atoms with Crippen LogP contribution in [0.3, 0.4) is 0 Å². The first-order chi connectivity index (χ1) is 23.1. The quantitative estimate of drug-likeness (QED) is 0.197. The Morgan fingerprint density at radius 1 is 0.596 bits per heavy atom. The lowest BCUT2D eigenvalue weighted by Gasteiger charge is -2.29. The lowest BCUT2D eigenvalue weighted by molar-refractivity contribution is 0.419. The van der Waals surface area contributed by atoms with Crippen LogP contribution in [0.4, 0.5) is 11.6 Å². The van der Waals surface area contributed by atoms with Gasteiger partial charge in [0, 0.05) is 32.3 Å². The van der Waals surface area contributed by atoms with E-state index in [2.05, 4.69) is 158 Å². The smallest absolute Gasteiger partial charge is 0.231 e. The molecule has 8 aromatic rings. The lowest BCUT2D eigenvalue weighted by atomic mass is 9.75. The second-order valence-electron chi connectivity index (χ2n) is 13.4. The second-order valence-corrected chi connectivity index (χ2v) is 14.5. The van der Waals surface area contributed by atoms with Crippen molar-refractivity contribution in [3.8, 4) is 22.4 Å². The summed E-state index contributed by atoms with van der Waals surface area (Å²) in [5.74, 6) is 1.02. The zero-order valence-corrected chi connectivity index (χ0v) is 27.0. The fraction of sp³-hybridized carbons (Fsp3) is 0.116. The Balaban J connectivity index is 1.30. The molecule has 0 amide bonds. The van der Waals surface area contributed by atoms with Gasteiger partial charge in [-0.15, -0.1) is 11.3 Å². The summed E-state index contributed by atoms with van der Waals surface area (Å²) in [6, 6.07) is 50.5. The molecule has 47 heavy (non-hydrogen) atoms.